The zero-order chi connectivity index (χ0) is 25.3. The highest BCUT2D eigenvalue weighted by Crippen LogP contribution is 2.39. The number of nitriles is 1. The number of aryl methyl sites for hydroxylation is 1. The van der Waals surface area contributed by atoms with Crippen molar-refractivity contribution in [1.82, 2.24) is 24.3 Å². The summed E-state index contributed by atoms with van der Waals surface area (Å²) in [5.74, 6) is -0.396. The topological polar surface area (TPSA) is 87.3 Å². The minimum absolute atomic E-state index is 0.0348. The van der Waals surface area contributed by atoms with Crippen LogP contribution in [0.25, 0.3) is 22.3 Å². The molecule has 1 atom stereocenters. The van der Waals surface area contributed by atoms with Gasteiger partial charge in [0.2, 0.25) is 5.91 Å². The molecule has 1 aliphatic heterocycles. The van der Waals surface area contributed by atoms with Gasteiger partial charge in [-0.15, -0.1) is 0 Å². The molecule has 1 unspecified atom stereocenters. The van der Waals surface area contributed by atoms with E-state index < -0.39 is 11.7 Å². The Hall–Kier alpha value is -3.65. The van der Waals surface area contributed by atoms with Crippen LogP contribution in [-0.4, -0.2) is 70.1 Å². The zero-order valence-electron chi connectivity index (χ0n) is 19.6. The summed E-state index contributed by atoms with van der Waals surface area (Å²) < 4.78 is 48.8. The van der Waals surface area contributed by atoms with Gasteiger partial charge in [0.15, 0.2) is 5.69 Å². The standard InChI is InChI=1S/C24H25F3N6O2/c1-31-8-4-5-19(31)23(34)32(2)9-10-35-21-7-6-15(11-16(21)24(25,26)27)17-12-20-22(18(13-28)30-17)29-14-33(20)3/h6-7,11-12,14,19H,4-5,8-10H2,1-3H3. The normalized spacial score (nSPS) is 16.4. The van der Waals surface area contributed by atoms with Gasteiger partial charge in [-0.2, -0.15) is 18.4 Å². The lowest BCUT2D eigenvalue weighted by Crippen LogP contribution is -2.43. The van der Waals surface area contributed by atoms with Crippen molar-refractivity contribution < 1.29 is 22.7 Å². The predicted octanol–water partition coefficient (Wildman–Crippen LogP) is 3.46. The van der Waals surface area contributed by atoms with Gasteiger partial charge in [0.1, 0.15) is 23.9 Å². The Bertz CT molecular complexity index is 1300. The van der Waals surface area contributed by atoms with Crippen LogP contribution in [0.5, 0.6) is 5.75 Å². The lowest BCUT2D eigenvalue weighted by Gasteiger charge is -2.25. The number of alkyl halides is 3. The van der Waals surface area contributed by atoms with Gasteiger partial charge < -0.3 is 14.2 Å². The molecular weight excluding hydrogens is 461 g/mol. The fourth-order valence-corrected chi connectivity index (χ4v) is 4.27. The van der Waals surface area contributed by atoms with E-state index in [1.54, 1.807) is 24.7 Å². The lowest BCUT2D eigenvalue weighted by molar-refractivity contribution is -0.139. The van der Waals surface area contributed by atoms with Crippen molar-refractivity contribution in [3.05, 3.63) is 41.9 Å². The lowest BCUT2D eigenvalue weighted by atomic mass is 10.1. The number of aromatic nitrogens is 3. The second-order valence-corrected chi connectivity index (χ2v) is 8.65. The maximum atomic E-state index is 13.9. The molecule has 0 spiro atoms. The Balaban J connectivity index is 1.55. The minimum Gasteiger partial charge on any atom is -0.491 e. The fourth-order valence-electron chi connectivity index (χ4n) is 4.27. The molecule has 0 saturated carbocycles. The third-order valence-electron chi connectivity index (χ3n) is 6.27. The molecule has 8 nitrogen and oxygen atoms in total. The number of pyridine rings is 1. The van der Waals surface area contributed by atoms with Gasteiger partial charge >= 0.3 is 6.18 Å². The number of amides is 1. The first-order chi connectivity index (χ1) is 16.6. The Morgan fingerprint density at radius 2 is 2.09 bits per heavy atom. The van der Waals surface area contributed by atoms with Gasteiger partial charge in [0, 0.05) is 19.7 Å². The number of carbonyl (C=O) groups excluding carboxylic acids is 1. The molecule has 0 radical (unpaired) electrons. The van der Waals surface area contributed by atoms with Crippen LogP contribution in [-0.2, 0) is 18.0 Å². The average Bonchev–Trinajstić information content (AvgIpc) is 3.42. The number of likely N-dealkylation sites (N-methyl/N-ethyl adjacent to an activating group) is 2. The number of hydrogen-bond donors (Lipinski definition) is 0. The molecule has 11 heteroatoms. The Morgan fingerprint density at radius 1 is 1.31 bits per heavy atom. The van der Waals surface area contributed by atoms with Crippen LogP contribution in [0.3, 0.4) is 0 Å². The molecule has 0 aliphatic carbocycles. The SMILES string of the molecule is CN(CCOc1ccc(-c2cc3c(ncn3C)c(C#N)n2)cc1C(F)(F)F)C(=O)C1CCCN1C. The highest BCUT2D eigenvalue weighted by atomic mass is 19.4. The maximum Gasteiger partial charge on any atom is 0.419 e. The van der Waals surface area contributed by atoms with E-state index in [1.807, 2.05) is 18.0 Å². The third kappa shape index (κ3) is 4.93. The van der Waals surface area contributed by atoms with Crippen LogP contribution in [0.4, 0.5) is 13.2 Å². The van der Waals surface area contributed by atoms with E-state index in [9.17, 15) is 23.2 Å². The number of hydrogen-bond acceptors (Lipinski definition) is 6. The quantitative estimate of drug-likeness (QED) is 0.531. The summed E-state index contributed by atoms with van der Waals surface area (Å²) in [7, 11) is 5.24. The van der Waals surface area contributed by atoms with Gasteiger partial charge in [-0.3, -0.25) is 9.69 Å². The van der Waals surface area contributed by atoms with Crippen molar-refractivity contribution in [3.63, 3.8) is 0 Å². The number of benzene rings is 1. The van der Waals surface area contributed by atoms with Crippen molar-refractivity contribution in [3.8, 4) is 23.1 Å². The fraction of sp³-hybridized carbons (Fsp3) is 0.417. The number of carbonyl (C=O) groups is 1. The molecule has 4 rings (SSSR count). The summed E-state index contributed by atoms with van der Waals surface area (Å²) in [5.41, 5.74) is 0.470. The Morgan fingerprint density at radius 3 is 2.74 bits per heavy atom. The number of fused-ring (bicyclic) bond motifs is 1. The monoisotopic (exact) mass is 486 g/mol. The maximum absolute atomic E-state index is 13.9. The van der Waals surface area contributed by atoms with Crippen molar-refractivity contribution in [2.75, 3.05) is 33.8 Å². The van der Waals surface area contributed by atoms with Crippen LogP contribution < -0.4 is 4.74 Å². The second-order valence-electron chi connectivity index (χ2n) is 8.65. The molecule has 3 heterocycles. The van der Waals surface area contributed by atoms with Gasteiger partial charge in [-0.05, 0) is 50.7 Å². The summed E-state index contributed by atoms with van der Waals surface area (Å²) in [6, 6.07) is 7.02. The van der Waals surface area contributed by atoms with Crippen LogP contribution in [0.15, 0.2) is 30.6 Å². The summed E-state index contributed by atoms with van der Waals surface area (Å²) in [6.07, 6.45) is -1.45. The highest BCUT2D eigenvalue weighted by molar-refractivity contribution is 5.84. The van der Waals surface area contributed by atoms with Crippen molar-refractivity contribution in [1.29, 1.82) is 5.26 Å². The summed E-state index contributed by atoms with van der Waals surface area (Å²) in [6.45, 7) is 0.922. The minimum atomic E-state index is -4.67. The van der Waals surface area contributed by atoms with E-state index in [-0.39, 0.29) is 47.8 Å². The van der Waals surface area contributed by atoms with Gasteiger partial charge in [-0.1, -0.05) is 0 Å². The van der Waals surface area contributed by atoms with E-state index in [0.29, 0.717) is 11.0 Å². The Kier molecular flexibility index (Phi) is 6.67. The number of ether oxygens (including phenoxy) is 1. The molecule has 2 aromatic heterocycles. The molecule has 1 aliphatic rings. The largest absolute Gasteiger partial charge is 0.491 e. The highest BCUT2D eigenvalue weighted by Gasteiger charge is 2.35. The zero-order valence-corrected chi connectivity index (χ0v) is 19.6. The van der Waals surface area contributed by atoms with Crippen LogP contribution in [0.2, 0.25) is 0 Å². The summed E-state index contributed by atoms with van der Waals surface area (Å²) in [5, 5.41) is 9.42. The van der Waals surface area contributed by atoms with Crippen LogP contribution in [0.1, 0.15) is 24.1 Å². The first-order valence-electron chi connectivity index (χ1n) is 11.1. The molecule has 1 fully saturated rings. The number of likely N-dealkylation sites (tertiary alicyclic amines) is 1. The number of rotatable bonds is 6. The van der Waals surface area contributed by atoms with Gasteiger partial charge in [-0.25, -0.2) is 9.97 Å². The van der Waals surface area contributed by atoms with Crippen molar-refractivity contribution in [2.45, 2.75) is 25.1 Å². The van der Waals surface area contributed by atoms with E-state index in [4.69, 9.17) is 4.74 Å². The van der Waals surface area contributed by atoms with E-state index in [0.717, 1.165) is 25.5 Å². The smallest absolute Gasteiger partial charge is 0.419 e. The molecule has 3 aromatic rings. The molecule has 0 N–H and O–H groups in total. The molecule has 184 valence electrons. The van der Waals surface area contributed by atoms with Gasteiger partial charge in [0.25, 0.3) is 0 Å². The van der Waals surface area contributed by atoms with Crippen LogP contribution >= 0.6 is 0 Å². The predicted molar refractivity (Wildman–Crippen MR) is 122 cm³/mol. The number of halogens is 3. The second kappa shape index (κ2) is 9.54. The van der Waals surface area contributed by atoms with E-state index >= 15 is 0 Å². The molecule has 1 saturated heterocycles. The van der Waals surface area contributed by atoms with Crippen molar-refractivity contribution in [2.24, 2.45) is 7.05 Å². The Labute approximate surface area is 200 Å². The first-order valence-corrected chi connectivity index (χ1v) is 11.1. The molecule has 1 aromatic carbocycles. The first kappa shape index (κ1) is 24.5. The number of imidazole rings is 1. The van der Waals surface area contributed by atoms with Crippen LogP contribution in [0, 0.1) is 11.3 Å². The summed E-state index contributed by atoms with van der Waals surface area (Å²) in [4.78, 5) is 24.4. The summed E-state index contributed by atoms with van der Waals surface area (Å²) >= 11 is 0. The molecule has 1 amide bonds. The number of nitrogens with zero attached hydrogens (tertiary/aromatic N) is 6. The van der Waals surface area contributed by atoms with Gasteiger partial charge in [0.05, 0.1) is 35.7 Å². The molecule has 0 bridgehead atoms. The molecular formula is C24H25F3N6O2. The average molecular weight is 486 g/mol. The van der Waals surface area contributed by atoms with Crippen molar-refractivity contribution >= 4 is 16.9 Å². The molecule has 35 heavy (non-hydrogen) atoms. The van der Waals surface area contributed by atoms with E-state index in [2.05, 4.69) is 9.97 Å². The third-order valence-corrected chi connectivity index (χ3v) is 6.27. The van der Waals surface area contributed by atoms with E-state index in [1.165, 1.54) is 23.4 Å².